The highest BCUT2D eigenvalue weighted by Crippen LogP contribution is 2.35. The van der Waals surface area contributed by atoms with Crippen LogP contribution in [0.2, 0.25) is 0 Å². The van der Waals surface area contributed by atoms with Gasteiger partial charge in [0.2, 0.25) is 0 Å². The zero-order valence-electron chi connectivity index (χ0n) is 20.3. The van der Waals surface area contributed by atoms with Crippen LogP contribution in [0.5, 0.6) is 0 Å². The van der Waals surface area contributed by atoms with E-state index in [9.17, 15) is 0 Å². The van der Waals surface area contributed by atoms with Crippen LogP contribution in [0.3, 0.4) is 0 Å². The van der Waals surface area contributed by atoms with Gasteiger partial charge in [-0.15, -0.1) is 0 Å². The Hall–Kier alpha value is -3.09. The second-order valence-electron chi connectivity index (χ2n) is 9.44. The summed E-state index contributed by atoms with van der Waals surface area (Å²) < 4.78 is 4.94. The van der Waals surface area contributed by atoms with Crippen molar-refractivity contribution in [2.45, 2.75) is 19.5 Å². The average Bonchev–Trinajstić information content (AvgIpc) is 3.44. The summed E-state index contributed by atoms with van der Waals surface area (Å²) in [5.74, 6) is 0.447. The predicted octanol–water partition coefficient (Wildman–Crippen LogP) is 3.68. The van der Waals surface area contributed by atoms with E-state index in [4.69, 9.17) is 15.8 Å². The maximum absolute atomic E-state index is 6.15. The van der Waals surface area contributed by atoms with Gasteiger partial charge in [0.05, 0.1) is 22.8 Å². The maximum Gasteiger partial charge on any atom is 0.165 e. The number of piperazine rings is 1. The molecule has 1 atom stereocenters. The number of pyridine rings is 2. The molecule has 1 unspecified atom stereocenters. The summed E-state index contributed by atoms with van der Waals surface area (Å²) in [4.78, 5) is 18.5. The minimum atomic E-state index is -0.0907. The number of likely N-dealkylation sites (N-methyl/N-ethyl adjacent to an activating group) is 1. The lowest BCUT2D eigenvalue weighted by Crippen LogP contribution is -2.43. The van der Waals surface area contributed by atoms with Crippen LogP contribution >= 0.6 is 22.6 Å². The van der Waals surface area contributed by atoms with Gasteiger partial charge in [-0.05, 0) is 66.4 Å². The second-order valence-corrected chi connectivity index (χ2v) is 10.5. The molecule has 1 saturated heterocycles. The van der Waals surface area contributed by atoms with Crippen LogP contribution in [-0.2, 0) is 6.54 Å². The highest BCUT2D eigenvalue weighted by Gasteiger charge is 2.24. The van der Waals surface area contributed by atoms with Gasteiger partial charge in [0, 0.05) is 56.2 Å². The highest BCUT2D eigenvalue weighted by atomic mass is 127. The van der Waals surface area contributed by atoms with Gasteiger partial charge >= 0.3 is 0 Å². The summed E-state index contributed by atoms with van der Waals surface area (Å²) in [6.45, 7) is 7.47. The summed E-state index contributed by atoms with van der Waals surface area (Å²) >= 11 is 2.20. The number of halogens is 1. The molecular weight excluding hydrogens is 565 g/mol. The van der Waals surface area contributed by atoms with E-state index >= 15 is 0 Å². The number of fused-ring (bicyclic) bond motifs is 2. The molecule has 0 aliphatic carbocycles. The largest absolute Gasteiger partial charge is 0.383 e. The molecule has 184 valence electrons. The van der Waals surface area contributed by atoms with Crippen LogP contribution in [0.1, 0.15) is 24.1 Å². The predicted molar refractivity (Wildman–Crippen MR) is 150 cm³/mol. The maximum atomic E-state index is 6.15. The second kappa shape index (κ2) is 9.41. The van der Waals surface area contributed by atoms with Gasteiger partial charge in [-0.1, -0.05) is 12.1 Å². The first kappa shape index (κ1) is 23.3. The Morgan fingerprint density at radius 2 is 1.89 bits per heavy atom. The van der Waals surface area contributed by atoms with E-state index in [1.807, 2.05) is 16.9 Å². The fourth-order valence-electron chi connectivity index (χ4n) is 5.01. The van der Waals surface area contributed by atoms with Crippen molar-refractivity contribution in [1.82, 2.24) is 38.9 Å². The molecule has 9 nitrogen and oxygen atoms in total. The van der Waals surface area contributed by atoms with Crippen molar-refractivity contribution in [3.63, 3.8) is 0 Å². The zero-order valence-corrected chi connectivity index (χ0v) is 22.5. The molecule has 5 aromatic heterocycles. The van der Waals surface area contributed by atoms with E-state index < -0.39 is 0 Å². The van der Waals surface area contributed by atoms with Crippen molar-refractivity contribution in [3.8, 4) is 11.4 Å². The van der Waals surface area contributed by atoms with Crippen LogP contribution in [0.4, 0.5) is 5.82 Å². The molecule has 0 saturated carbocycles. The quantitative estimate of drug-likeness (QED) is 0.311. The fraction of sp³-hybridized carbons (Fsp3) is 0.308. The number of rotatable bonds is 5. The van der Waals surface area contributed by atoms with Crippen LogP contribution in [-0.4, -0.2) is 72.2 Å². The molecule has 0 amide bonds. The number of nitrogen functional groups attached to an aromatic ring is 1. The first-order chi connectivity index (χ1) is 17.5. The number of nitrogens with zero attached hydrogens (tertiary/aromatic N) is 8. The van der Waals surface area contributed by atoms with E-state index in [1.54, 1.807) is 0 Å². The lowest BCUT2D eigenvalue weighted by atomic mass is 10.1. The number of hydrogen-bond acceptors (Lipinski definition) is 7. The Morgan fingerprint density at radius 1 is 1.06 bits per heavy atom. The third kappa shape index (κ3) is 4.12. The molecule has 1 aliphatic heterocycles. The number of aromatic nitrogens is 6. The minimum Gasteiger partial charge on any atom is -0.383 e. The van der Waals surface area contributed by atoms with E-state index in [2.05, 4.69) is 97.3 Å². The van der Waals surface area contributed by atoms with Gasteiger partial charge in [-0.2, -0.15) is 5.10 Å². The zero-order chi connectivity index (χ0) is 24.8. The fourth-order valence-corrected chi connectivity index (χ4v) is 5.76. The summed E-state index contributed by atoms with van der Waals surface area (Å²) in [6, 6.07) is 12.7. The van der Waals surface area contributed by atoms with Crippen LogP contribution in [0.15, 0.2) is 55.1 Å². The van der Waals surface area contributed by atoms with Gasteiger partial charge < -0.3 is 15.0 Å². The van der Waals surface area contributed by atoms with Crippen molar-refractivity contribution in [1.29, 1.82) is 0 Å². The first-order valence-electron chi connectivity index (χ1n) is 12.1. The van der Waals surface area contributed by atoms with E-state index in [1.165, 1.54) is 11.9 Å². The Bertz CT molecular complexity index is 1530. The van der Waals surface area contributed by atoms with Crippen LogP contribution < -0.4 is 5.73 Å². The molecule has 0 aromatic carbocycles. The van der Waals surface area contributed by atoms with Gasteiger partial charge in [0.15, 0.2) is 5.65 Å². The lowest BCUT2D eigenvalue weighted by molar-refractivity contribution is 0.148. The van der Waals surface area contributed by atoms with Gasteiger partial charge in [0.1, 0.15) is 15.8 Å². The topological polar surface area (TPSA) is 93.4 Å². The Morgan fingerprint density at radius 3 is 2.67 bits per heavy atom. The van der Waals surface area contributed by atoms with Crippen molar-refractivity contribution >= 4 is 45.0 Å². The van der Waals surface area contributed by atoms with Gasteiger partial charge in [0.25, 0.3) is 0 Å². The van der Waals surface area contributed by atoms with Gasteiger partial charge in [-0.3, -0.25) is 9.88 Å². The summed E-state index contributed by atoms with van der Waals surface area (Å²) in [5, 5.41) is 5.59. The molecule has 6 rings (SSSR count). The van der Waals surface area contributed by atoms with E-state index in [0.29, 0.717) is 5.82 Å². The molecule has 0 radical (unpaired) electrons. The van der Waals surface area contributed by atoms with Crippen molar-refractivity contribution in [2.75, 3.05) is 39.0 Å². The lowest BCUT2D eigenvalue weighted by Gasteiger charge is -2.32. The number of anilines is 1. The molecule has 5 aromatic rings. The standard InChI is InChI=1S/C26H28IN9/c1-17(36-26-22(24(27)32-36)25(28)30-16-31-26)20-13-19-5-3-4-8-35(19)23(20)21-7-6-18(14-29-21)15-34-11-9-33(2)10-12-34/h3-8,13-14,16-17H,9-12,15H2,1-2H3,(H2,28,30,31). The molecule has 2 N–H and O–H groups in total. The van der Waals surface area contributed by atoms with Crippen LogP contribution in [0, 0.1) is 3.70 Å². The first-order valence-corrected chi connectivity index (χ1v) is 13.2. The highest BCUT2D eigenvalue weighted by molar-refractivity contribution is 14.1. The summed E-state index contributed by atoms with van der Waals surface area (Å²) in [7, 11) is 2.18. The molecule has 1 aliphatic rings. The van der Waals surface area contributed by atoms with Crippen molar-refractivity contribution in [3.05, 3.63) is 69.9 Å². The summed E-state index contributed by atoms with van der Waals surface area (Å²) in [5.41, 5.74) is 12.3. The summed E-state index contributed by atoms with van der Waals surface area (Å²) in [6.07, 6.45) is 5.60. The smallest absolute Gasteiger partial charge is 0.165 e. The SMILES string of the molecule is CC(c1cc2ccccn2c1-c1ccc(CN2CCN(C)CC2)cn1)n1nc(I)c2c(N)ncnc21. The van der Waals surface area contributed by atoms with Crippen molar-refractivity contribution in [2.24, 2.45) is 0 Å². The van der Waals surface area contributed by atoms with E-state index in [0.717, 1.165) is 69.9 Å². The van der Waals surface area contributed by atoms with Crippen molar-refractivity contribution < 1.29 is 0 Å². The molecule has 0 spiro atoms. The minimum absolute atomic E-state index is 0.0907. The molecule has 6 heterocycles. The number of hydrogen-bond donors (Lipinski definition) is 1. The normalized spacial score (nSPS) is 16.2. The average molecular weight is 593 g/mol. The van der Waals surface area contributed by atoms with Gasteiger partial charge in [-0.25, -0.2) is 14.6 Å². The third-order valence-corrected chi connectivity index (χ3v) is 7.83. The van der Waals surface area contributed by atoms with Crippen LogP contribution in [0.25, 0.3) is 27.9 Å². The molecule has 10 heteroatoms. The number of nitrogens with two attached hydrogens (primary N) is 1. The Balaban J connectivity index is 1.39. The monoisotopic (exact) mass is 593 g/mol. The molecule has 1 fully saturated rings. The molecule has 0 bridgehead atoms. The van der Waals surface area contributed by atoms with E-state index in [-0.39, 0.29) is 6.04 Å². The Labute approximate surface area is 223 Å². The Kier molecular flexibility index (Phi) is 6.10. The molecular formula is C26H28IN9. The molecule has 36 heavy (non-hydrogen) atoms. The third-order valence-electron chi connectivity index (χ3n) is 7.07.